The van der Waals surface area contributed by atoms with Crippen molar-refractivity contribution in [1.29, 1.82) is 0 Å². The number of nitrogens with zero attached hydrogens (tertiary/aromatic N) is 2. The molecule has 6 nitrogen and oxygen atoms in total. The number of para-hydroxylation sites is 1. The summed E-state index contributed by atoms with van der Waals surface area (Å²) in [5.41, 5.74) is 1.29. The number of rotatable bonds is 4. The van der Waals surface area contributed by atoms with E-state index in [0.29, 0.717) is 27.6 Å². The highest BCUT2D eigenvalue weighted by Gasteiger charge is 2.47. The number of aliphatic hydroxyl groups is 1. The monoisotopic (exact) mass is 420 g/mol. The molecule has 0 saturated carbocycles. The summed E-state index contributed by atoms with van der Waals surface area (Å²) in [4.78, 5) is 31.6. The van der Waals surface area contributed by atoms with Crippen molar-refractivity contribution < 1.29 is 19.4 Å². The first-order valence-electron chi connectivity index (χ1n) is 9.13. The number of amides is 1. The van der Waals surface area contributed by atoms with Gasteiger partial charge in [-0.05, 0) is 42.0 Å². The fourth-order valence-electron chi connectivity index (χ4n) is 3.56. The predicted molar refractivity (Wildman–Crippen MR) is 113 cm³/mol. The number of hydrogen-bond acceptors (Lipinski definition) is 5. The number of halogens is 1. The van der Waals surface area contributed by atoms with Gasteiger partial charge in [-0.1, -0.05) is 35.9 Å². The minimum atomic E-state index is -0.873. The van der Waals surface area contributed by atoms with E-state index in [2.05, 4.69) is 4.98 Å². The Morgan fingerprint density at radius 1 is 1.10 bits per heavy atom. The van der Waals surface area contributed by atoms with Crippen molar-refractivity contribution in [2.24, 2.45) is 0 Å². The molecule has 0 aliphatic carbocycles. The van der Waals surface area contributed by atoms with E-state index < -0.39 is 17.7 Å². The summed E-state index contributed by atoms with van der Waals surface area (Å²) in [6.45, 7) is 0. The number of Topliss-reactive ketones (excluding diaryl/α,β-unsaturated/α-hetero) is 1. The molecule has 0 radical (unpaired) electrons. The van der Waals surface area contributed by atoms with E-state index in [9.17, 15) is 14.7 Å². The number of pyridine rings is 1. The Labute approximate surface area is 178 Å². The summed E-state index contributed by atoms with van der Waals surface area (Å²) in [6, 6.07) is 16.0. The van der Waals surface area contributed by atoms with Gasteiger partial charge in [0.15, 0.2) is 0 Å². The maximum atomic E-state index is 13.1. The van der Waals surface area contributed by atoms with E-state index in [1.807, 2.05) is 0 Å². The van der Waals surface area contributed by atoms with E-state index >= 15 is 0 Å². The number of ether oxygens (including phenoxy) is 1. The van der Waals surface area contributed by atoms with Crippen molar-refractivity contribution >= 4 is 34.7 Å². The zero-order valence-electron chi connectivity index (χ0n) is 15.9. The van der Waals surface area contributed by atoms with Crippen LogP contribution in [-0.2, 0) is 9.59 Å². The SMILES string of the molecule is COc1ccccc1/C(O)=C1\C(=O)C(=O)N(c2cccc(Cl)c2)C1c1cccnc1. The molecular formula is C23H17ClN2O4. The first-order valence-corrected chi connectivity index (χ1v) is 9.50. The molecule has 2 heterocycles. The normalized spacial score (nSPS) is 17.9. The summed E-state index contributed by atoms with van der Waals surface area (Å²) in [5, 5.41) is 11.5. The van der Waals surface area contributed by atoms with Crippen molar-refractivity contribution in [2.75, 3.05) is 12.0 Å². The van der Waals surface area contributed by atoms with Gasteiger partial charge in [-0.3, -0.25) is 19.5 Å². The lowest BCUT2D eigenvalue weighted by Crippen LogP contribution is -2.29. The maximum absolute atomic E-state index is 13.1. The first-order chi connectivity index (χ1) is 14.5. The molecule has 0 bridgehead atoms. The minimum absolute atomic E-state index is 0.0440. The van der Waals surface area contributed by atoms with Crippen LogP contribution >= 0.6 is 11.6 Å². The Morgan fingerprint density at radius 3 is 2.60 bits per heavy atom. The summed E-state index contributed by atoms with van der Waals surface area (Å²) in [7, 11) is 1.47. The molecule has 4 rings (SSSR count). The molecule has 1 amide bonds. The summed E-state index contributed by atoms with van der Waals surface area (Å²) in [6.07, 6.45) is 3.15. The minimum Gasteiger partial charge on any atom is -0.507 e. The Morgan fingerprint density at radius 2 is 1.90 bits per heavy atom. The van der Waals surface area contributed by atoms with Gasteiger partial charge in [-0.25, -0.2) is 0 Å². The van der Waals surface area contributed by atoms with Gasteiger partial charge in [0.05, 0.1) is 24.3 Å². The van der Waals surface area contributed by atoms with E-state index in [1.54, 1.807) is 73.1 Å². The zero-order chi connectivity index (χ0) is 21.3. The number of carbonyl (C=O) groups excluding carboxylic acids is 2. The average molecular weight is 421 g/mol. The van der Waals surface area contributed by atoms with Gasteiger partial charge in [-0.2, -0.15) is 0 Å². The van der Waals surface area contributed by atoms with Crippen LogP contribution in [0, 0.1) is 0 Å². The maximum Gasteiger partial charge on any atom is 0.300 e. The highest BCUT2D eigenvalue weighted by atomic mass is 35.5. The summed E-state index contributed by atoms with van der Waals surface area (Å²) < 4.78 is 5.32. The van der Waals surface area contributed by atoms with Crippen molar-refractivity contribution in [3.63, 3.8) is 0 Å². The van der Waals surface area contributed by atoms with Crippen molar-refractivity contribution in [3.05, 3.63) is 94.8 Å². The van der Waals surface area contributed by atoms with Crippen LogP contribution in [0.25, 0.3) is 5.76 Å². The number of anilines is 1. The van der Waals surface area contributed by atoms with Crippen LogP contribution in [0.15, 0.2) is 78.6 Å². The summed E-state index contributed by atoms with van der Waals surface area (Å²) >= 11 is 6.12. The molecule has 30 heavy (non-hydrogen) atoms. The van der Waals surface area contributed by atoms with Crippen LogP contribution in [0.5, 0.6) is 5.75 Å². The highest BCUT2D eigenvalue weighted by Crippen LogP contribution is 2.43. The van der Waals surface area contributed by atoms with Gasteiger partial charge in [0, 0.05) is 23.1 Å². The molecule has 7 heteroatoms. The van der Waals surface area contributed by atoms with Crippen LogP contribution in [0.4, 0.5) is 5.69 Å². The van der Waals surface area contributed by atoms with E-state index in [-0.39, 0.29) is 11.3 Å². The van der Waals surface area contributed by atoms with Gasteiger partial charge in [0.1, 0.15) is 11.5 Å². The molecule has 1 aromatic heterocycles. The molecule has 2 aromatic carbocycles. The number of carbonyl (C=O) groups is 2. The van der Waals surface area contributed by atoms with Gasteiger partial charge < -0.3 is 9.84 Å². The summed E-state index contributed by atoms with van der Waals surface area (Å²) in [5.74, 6) is -1.49. The molecule has 0 spiro atoms. The fraction of sp³-hybridized carbons (Fsp3) is 0.0870. The van der Waals surface area contributed by atoms with Gasteiger partial charge >= 0.3 is 0 Å². The van der Waals surface area contributed by atoms with Crippen LogP contribution in [0.1, 0.15) is 17.2 Å². The molecule has 3 aromatic rings. The van der Waals surface area contributed by atoms with Crippen LogP contribution in [0.2, 0.25) is 5.02 Å². The third-order valence-corrected chi connectivity index (χ3v) is 5.13. The van der Waals surface area contributed by atoms with Crippen LogP contribution in [0.3, 0.4) is 0 Å². The van der Waals surface area contributed by atoms with E-state index in [0.717, 1.165) is 0 Å². The van der Waals surface area contributed by atoms with E-state index in [4.69, 9.17) is 16.3 Å². The van der Waals surface area contributed by atoms with Crippen molar-refractivity contribution in [3.8, 4) is 5.75 Å². The van der Waals surface area contributed by atoms with E-state index in [1.165, 1.54) is 12.0 Å². The lowest BCUT2D eigenvalue weighted by molar-refractivity contribution is -0.132. The molecule has 1 atom stereocenters. The molecule has 1 aliphatic rings. The van der Waals surface area contributed by atoms with Crippen molar-refractivity contribution in [2.45, 2.75) is 6.04 Å². The standard InChI is InChI=1S/C23H17ClN2O4/c1-30-18-10-3-2-9-17(18)21(27)19-20(14-6-5-11-25-13-14)26(23(29)22(19)28)16-8-4-7-15(24)12-16/h2-13,20,27H,1H3/b21-19+. The number of aliphatic hydroxyl groups excluding tert-OH is 1. The second kappa shape index (κ2) is 8.00. The Kier molecular flexibility index (Phi) is 5.25. The van der Waals surface area contributed by atoms with Crippen molar-refractivity contribution in [1.82, 2.24) is 4.98 Å². The largest absolute Gasteiger partial charge is 0.507 e. The Balaban J connectivity index is 1.97. The topological polar surface area (TPSA) is 79.7 Å². The predicted octanol–water partition coefficient (Wildman–Crippen LogP) is 4.37. The quantitative estimate of drug-likeness (QED) is 0.385. The molecule has 1 aliphatic heterocycles. The first kappa shape index (κ1) is 19.7. The Hall–Kier alpha value is -3.64. The molecule has 1 saturated heterocycles. The smallest absolute Gasteiger partial charge is 0.300 e. The number of ketones is 1. The number of benzene rings is 2. The third kappa shape index (κ3) is 3.31. The highest BCUT2D eigenvalue weighted by molar-refractivity contribution is 6.51. The number of aromatic nitrogens is 1. The molecule has 1 fully saturated rings. The number of methoxy groups -OCH3 is 1. The van der Waals surface area contributed by atoms with Gasteiger partial charge in [0.25, 0.3) is 11.7 Å². The average Bonchev–Trinajstić information content (AvgIpc) is 3.04. The lowest BCUT2D eigenvalue weighted by atomic mass is 9.96. The Bertz CT molecular complexity index is 1160. The van der Waals surface area contributed by atoms with Crippen LogP contribution < -0.4 is 9.64 Å². The second-order valence-electron chi connectivity index (χ2n) is 6.64. The number of hydrogen-bond donors (Lipinski definition) is 1. The van der Waals surface area contributed by atoms with Gasteiger partial charge in [0.2, 0.25) is 0 Å². The molecule has 1 unspecified atom stereocenters. The lowest BCUT2D eigenvalue weighted by Gasteiger charge is -2.25. The zero-order valence-corrected chi connectivity index (χ0v) is 16.7. The van der Waals surface area contributed by atoms with Gasteiger partial charge in [-0.15, -0.1) is 0 Å². The molecular weight excluding hydrogens is 404 g/mol. The van der Waals surface area contributed by atoms with Crippen LogP contribution in [-0.4, -0.2) is 28.9 Å². The second-order valence-corrected chi connectivity index (χ2v) is 7.07. The fourth-order valence-corrected chi connectivity index (χ4v) is 3.75. The molecule has 150 valence electrons. The third-order valence-electron chi connectivity index (χ3n) is 4.89. The molecule has 1 N–H and O–H groups in total.